The van der Waals surface area contributed by atoms with Crippen molar-refractivity contribution in [3.05, 3.63) is 18.7 Å². The van der Waals surface area contributed by atoms with Crippen LogP contribution in [0, 0.1) is 17.3 Å². The molecule has 1 N–H and O–H groups in total. The Morgan fingerprint density at radius 1 is 1.25 bits per heavy atom. The van der Waals surface area contributed by atoms with Gasteiger partial charge in [0, 0.05) is 25.0 Å². The van der Waals surface area contributed by atoms with Gasteiger partial charge in [-0.25, -0.2) is 4.98 Å². The molecule has 1 aromatic rings. The summed E-state index contributed by atoms with van der Waals surface area (Å²) in [5, 5.41) is 9.13. The van der Waals surface area contributed by atoms with Crippen LogP contribution >= 0.6 is 0 Å². The lowest BCUT2D eigenvalue weighted by Crippen LogP contribution is -2.29. The fourth-order valence-corrected chi connectivity index (χ4v) is 3.76. The standard InChI is InChI=1S/C17H30N2O/c1-17(2,3)15-8-6-14(7-9-15)16(5-4-12-20)19-11-10-18-13-19/h10-11,13-16,20H,4-9,12H2,1-3H3. The molecule has 1 unspecified atom stereocenters. The van der Waals surface area contributed by atoms with Crippen molar-refractivity contribution in [2.75, 3.05) is 6.61 Å². The largest absolute Gasteiger partial charge is 0.396 e. The summed E-state index contributed by atoms with van der Waals surface area (Å²) < 4.78 is 2.26. The Kier molecular flexibility index (Phi) is 5.25. The molecule has 114 valence electrons. The predicted octanol–water partition coefficient (Wildman–Crippen LogP) is 4.05. The van der Waals surface area contributed by atoms with Crippen molar-refractivity contribution >= 4 is 0 Å². The number of imidazole rings is 1. The molecule has 3 heteroatoms. The number of aromatic nitrogens is 2. The smallest absolute Gasteiger partial charge is 0.0948 e. The summed E-state index contributed by atoms with van der Waals surface area (Å²) in [6, 6.07) is 0.519. The number of hydrogen-bond acceptors (Lipinski definition) is 2. The molecule has 3 nitrogen and oxygen atoms in total. The molecule has 0 spiro atoms. The zero-order valence-electron chi connectivity index (χ0n) is 13.3. The quantitative estimate of drug-likeness (QED) is 0.882. The Labute approximate surface area is 123 Å². The van der Waals surface area contributed by atoms with Gasteiger partial charge in [-0.15, -0.1) is 0 Å². The topological polar surface area (TPSA) is 38.0 Å². The van der Waals surface area contributed by atoms with E-state index >= 15 is 0 Å². The minimum absolute atomic E-state index is 0.294. The number of nitrogens with zero attached hydrogens (tertiary/aromatic N) is 2. The summed E-state index contributed by atoms with van der Waals surface area (Å²) in [5.74, 6) is 1.61. The Morgan fingerprint density at radius 3 is 2.45 bits per heavy atom. The molecule has 1 saturated carbocycles. The molecule has 1 aliphatic rings. The molecule has 1 fully saturated rings. The molecule has 1 atom stereocenters. The first-order valence-electron chi connectivity index (χ1n) is 8.10. The van der Waals surface area contributed by atoms with Crippen LogP contribution in [0.2, 0.25) is 0 Å². The van der Waals surface area contributed by atoms with Gasteiger partial charge in [0.2, 0.25) is 0 Å². The SMILES string of the molecule is CC(C)(C)C1CCC(C(CCCO)n2ccnc2)CC1. The fourth-order valence-electron chi connectivity index (χ4n) is 3.76. The maximum atomic E-state index is 9.13. The van der Waals surface area contributed by atoms with Crippen LogP contribution in [0.4, 0.5) is 0 Å². The van der Waals surface area contributed by atoms with Crippen LogP contribution in [0.5, 0.6) is 0 Å². The molecular weight excluding hydrogens is 248 g/mol. The van der Waals surface area contributed by atoms with Gasteiger partial charge in [-0.1, -0.05) is 20.8 Å². The molecule has 0 bridgehead atoms. The summed E-state index contributed by atoms with van der Waals surface area (Å²) in [4.78, 5) is 4.20. The second kappa shape index (κ2) is 6.75. The summed E-state index contributed by atoms with van der Waals surface area (Å²) in [6.07, 6.45) is 13.2. The fraction of sp³-hybridized carbons (Fsp3) is 0.824. The van der Waals surface area contributed by atoms with E-state index in [2.05, 4.69) is 36.5 Å². The lowest BCUT2D eigenvalue weighted by Gasteiger charge is -2.39. The lowest BCUT2D eigenvalue weighted by molar-refractivity contribution is 0.119. The molecule has 1 aromatic heterocycles. The van der Waals surface area contributed by atoms with Crippen molar-refractivity contribution in [1.82, 2.24) is 9.55 Å². The molecule has 0 aromatic carbocycles. The van der Waals surface area contributed by atoms with Crippen molar-refractivity contribution in [3.8, 4) is 0 Å². The minimum Gasteiger partial charge on any atom is -0.396 e. The van der Waals surface area contributed by atoms with Crippen LogP contribution in [0.25, 0.3) is 0 Å². The number of rotatable bonds is 5. The zero-order chi connectivity index (χ0) is 14.6. The van der Waals surface area contributed by atoms with Gasteiger partial charge < -0.3 is 9.67 Å². The molecule has 2 rings (SSSR count). The van der Waals surface area contributed by atoms with Crippen LogP contribution in [0.3, 0.4) is 0 Å². The van der Waals surface area contributed by atoms with E-state index in [1.165, 1.54) is 25.7 Å². The predicted molar refractivity (Wildman–Crippen MR) is 82.5 cm³/mol. The van der Waals surface area contributed by atoms with Gasteiger partial charge in [-0.05, 0) is 55.8 Å². The van der Waals surface area contributed by atoms with E-state index in [9.17, 15) is 0 Å². The van der Waals surface area contributed by atoms with E-state index in [4.69, 9.17) is 5.11 Å². The first-order valence-corrected chi connectivity index (χ1v) is 8.10. The molecular formula is C17H30N2O. The van der Waals surface area contributed by atoms with E-state index in [0.717, 1.165) is 24.7 Å². The highest BCUT2D eigenvalue weighted by Gasteiger charge is 2.33. The van der Waals surface area contributed by atoms with Crippen LogP contribution < -0.4 is 0 Å². The molecule has 0 radical (unpaired) electrons. The lowest BCUT2D eigenvalue weighted by atomic mass is 9.68. The van der Waals surface area contributed by atoms with Crippen LogP contribution in [0.15, 0.2) is 18.7 Å². The molecule has 1 aliphatic carbocycles. The van der Waals surface area contributed by atoms with Gasteiger partial charge in [-0.3, -0.25) is 0 Å². The van der Waals surface area contributed by atoms with E-state index in [-0.39, 0.29) is 0 Å². The highest BCUT2D eigenvalue weighted by Crippen LogP contribution is 2.43. The van der Waals surface area contributed by atoms with Crippen molar-refractivity contribution in [3.63, 3.8) is 0 Å². The summed E-state index contributed by atoms with van der Waals surface area (Å²) >= 11 is 0. The Balaban J connectivity index is 1.98. The van der Waals surface area contributed by atoms with E-state index < -0.39 is 0 Å². The highest BCUT2D eigenvalue weighted by molar-refractivity contribution is 4.88. The van der Waals surface area contributed by atoms with Gasteiger partial charge >= 0.3 is 0 Å². The van der Waals surface area contributed by atoms with Crippen molar-refractivity contribution in [2.45, 2.75) is 65.3 Å². The molecule has 1 heterocycles. The Hall–Kier alpha value is -0.830. The Morgan fingerprint density at radius 2 is 1.95 bits per heavy atom. The third kappa shape index (κ3) is 3.85. The number of hydrogen-bond donors (Lipinski definition) is 1. The molecule has 0 amide bonds. The van der Waals surface area contributed by atoms with Crippen molar-refractivity contribution in [2.24, 2.45) is 17.3 Å². The Bertz CT molecular complexity index is 372. The van der Waals surface area contributed by atoms with Crippen molar-refractivity contribution < 1.29 is 5.11 Å². The van der Waals surface area contributed by atoms with Gasteiger partial charge in [0.05, 0.1) is 6.33 Å². The molecule has 0 aliphatic heterocycles. The first kappa shape index (κ1) is 15.6. The van der Waals surface area contributed by atoms with Crippen molar-refractivity contribution in [1.29, 1.82) is 0 Å². The first-order chi connectivity index (χ1) is 9.52. The maximum absolute atomic E-state index is 9.13. The van der Waals surface area contributed by atoms with Crippen LogP contribution in [-0.4, -0.2) is 21.3 Å². The van der Waals surface area contributed by atoms with Gasteiger partial charge in [-0.2, -0.15) is 0 Å². The van der Waals surface area contributed by atoms with Gasteiger partial charge in [0.15, 0.2) is 0 Å². The number of aliphatic hydroxyl groups is 1. The average Bonchev–Trinajstić information content (AvgIpc) is 2.93. The monoisotopic (exact) mass is 278 g/mol. The van der Waals surface area contributed by atoms with Crippen LogP contribution in [-0.2, 0) is 0 Å². The second-order valence-electron chi connectivity index (χ2n) is 7.42. The van der Waals surface area contributed by atoms with Gasteiger partial charge in [0.1, 0.15) is 0 Å². The van der Waals surface area contributed by atoms with E-state index in [1.54, 1.807) is 0 Å². The van der Waals surface area contributed by atoms with Gasteiger partial charge in [0.25, 0.3) is 0 Å². The minimum atomic E-state index is 0.294. The molecule has 0 saturated heterocycles. The summed E-state index contributed by atoms with van der Waals surface area (Å²) in [5.41, 5.74) is 0.445. The highest BCUT2D eigenvalue weighted by atomic mass is 16.2. The van der Waals surface area contributed by atoms with Crippen LogP contribution in [0.1, 0.15) is 65.3 Å². The summed E-state index contributed by atoms with van der Waals surface area (Å²) in [7, 11) is 0. The summed E-state index contributed by atoms with van der Waals surface area (Å²) in [6.45, 7) is 7.41. The van der Waals surface area contributed by atoms with E-state index in [1.807, 2.05) is 12.5 Å². The van der Waals surface area contributed by atoms with E-state index in [0.29, 0.717) is 18.1 Å². The number of aliphatic hydroxyl groups excluding tert-OH is 1. The average molecular weight is 278 g/mol. The third-order valence-electron chi connectivity index (χ3n) is 5.11. The second-order valence-corrected chi connectivity index (χ2v) is 7.42. The zero-order valence-corrected chi connectivity index (χ0v) is 13.3. The molecule has 20 heavy (non-hydrogen) atoms. The third-order valence-corrected chi connectivity index (χ3v) is 5.11. The maximum Gasteiger partial charge on any atom is 0.0948 e. The normalized spacial score (nSPS) is 25.6.